The summed E-state index contributed by atoms with van der Waals surface area (Å²) in [5, 5.41) is 12.8. The molecule has 4 rings (SSSR count). The first-order valence-corrected chi connectivity index (χ1v) is 8.52. The summed E-state index contributed by atoms with van der Waals surface area (Å²) >= 11 is 5.81. The molecule has 0 aliphatic carbocycles. The average Bonchev–Trinajstić information content (AvgIpc) is 3.31. The van der Waals surface area contributed by atoms with E-state index in [1.165, 1.54) is 23.1 Å². The molecule has 1 aromatic heterocycles. The van der Waals surface area contributed by atoms with Crippen molar-refractivity contribution >= 4 is 23.2 Å². The number of hydrogen-bond acceptors (Lipinski definition) is 5. The predicted octanol–water partition coefficient (Wildman–Crippen LogP) is 3.92. The number of nitrogens with zero attached hydrogens (tertiary/aromatic N) is 4. The van der Waals surface area contributed by atoms with Gasteiger partial charge >= 0.3 is 0 Å². The van der Waals surface area contributed by atoms with Gasteiger partial charge in [0.2, 0.25) is 5.91 Å². The second kappa shape index (κ2) is 6.82. The van der Waals surface area contributed by atoms with E-state index in [0.29, 0.717) is 35.1 Å². The largest absolute Gasteiger partial charge is 0.334 e. The molecule has 0 N–H and O–H groups in total. The van der Waals surface area contributed by atoms with Crippen molar-refractivity contribution in [2.45, 2.75) is 12.3 Å². The van der Waals surface area contributed by atoms with E-state index >= 15 is 0 Å². The maximum atomic E-state index is 13.4. The van der Waals surface area contributed by atoms with Gasteiger partial charge in [0.15, 0.2) is 5.82 Å². The number of benzene rings is 2. The normalized spacial score (nSPS) is 16.6. The van der Waals surface area contributed by atoms with Crippen molar-refractivity contribution in [2.24, 2.45) is 0 Å². The van der Waals surface area contributed by atoms with Crippen LogP contribution in [-0.2, 0) is 4.79 Å². The molecule has 1 aliphatic heterocycles. The average molecular weight is 383 g/mol. The highest BCUT2D eigenvalue weighted by molar-refractivity contribution is 6.31. The Morgan fingerprint density at radius 2 is 2.04 bits per heavy atom. The lowest BCUT2D eigenvalue weighted by molar-refractivity contribution is -0.117. The van der Waals surface area contributed by atoms with Gasteiger partial charge < -0.3 is 9.42 Å². The van der Waals surface area contributed by atoms with Gasteiger partial charge in [-0.2, -0.15) is 10.2 Å². The van der Waals surface area contributed by atoms with E-state index in [1.807, 2.05) is 6.07 Å². The minimum Gasteiger partial charge on any atom is -0.334 e. The molecule has 1 saturated heterocycles. The molecule has 3 aromatic rings. The second-order valence-corrected chi connectivity index (χ2v) is 6.56. The molecule has 8 heteroatoms. The van der Waals surface area contributed by atoms with Gasteiger partial charge in [0, 0.05) is 30.1 Å². The lowest BCUT2D eigenvalue weighted by Crippen LogP contribution is -2.24. The van der Waals surface area contributed by atoms with Crippen molar-refractivity contribution in [1.82, 2.24) is 10.1 Å². The standard InChI is InChI=1S/C19H12ClFN4O2/c20-15-8-14(5-6-16(15)21)25-10-13(7-17(25)26)18-23-19(27-24-18)12-3-1-11(9-22)2-4-12/h1-6,8,13H,7,10H2. The van der Waals surface area contributed by atoms with E-state index in [1.54, 1.807) is 24.3 Å². The molecular weight excluding hydrogens is 371 g/mol. The van der Waals surface area contributed by atoms with Crippen LogP contribution in [0.5, 0.6) is 0 Å². The smallest absolute Gasteiger partial charge is 0.257 e. The molecule has 2 heterocycles. The van der Waals surface area contributed by atoms with Crippen molar-refractivity contribution in [1.29, 1.82) is 5.26 Å². The molecule has 1 aliphatic rings. The second-order valence-electron chi connectivity index (χ2n) is 6.15. The van der Waals surface area contributed by atoms with Gasteiger partial charge in [0.1, 0.15) is 5.82 Å². The lowest BCUT2D eigenvalue weighted by atomic mass is 10.1. The van der Waals surface area contributed by atoms with E-state index in [0.717, 1.165) is 0 Å². The first kappa shape index (κ1) is 17.2. The van der Waals surface area contributed by atoms with Crippen molar-refractivity contribution in [3.8, 4) is 17.5 Å². The Morgan fingerprint density at radius 1 is 1.26 bits per heavy atom. The quantitative estimate of drug-likeness (QED) is 0.685. The first-order valence-electron chi connectivity index (χ1n) is 8.14. The molecule has 27 heavy (non-hydrogen) atoms. The van der Waals surface area contributed by atoms with Crippen LogP contribution < -0.4 is 4.90 Å². The summed E-state index contributed by atoms with van der Waals surface area (Å²) in [6.45, 7) is 0.354. The summed E-state index contributed by atoms with van der Waals surface area (Å²) in [6.07, 6.45) is 0.224. The number of halogens is 2. The zero-order valence-electron chi connectivity index (χ0n) is 13.9. The third-order valence-corrected chi connectivity index (χ3v) is 4.70. The third-order valence-electron chi connectivity index (χ3n) is 4.41. The molecular formula is C19H12ClFN4O2. The van der Waals surface area contributed by atoms with Crippen molar-refractivity contribution in [2.75, 3.05) is 11.4 Å². The Labute approximate surface area is 158 Å². The highest BCUT2D eigenvalue weighted by Gasteiger charge is 2.34. The van der Waals surface area contributed by atoms with Crippen LogP contribution in [0.4, 0.5) is 10.1 Å². The molecule has 1 atom stereocenters. The van der Waals surface area contributed by atoms with Crippen LogP contribution in [0.25, 0.3) is 11.5 Å². The molecule has 1 amide bonds. The summed E-state index contributed by atoms with van der Waals surface area (Å²) in [4.78, 5) is 18.3. The van der Waals surface area contributed by atoms with Gasteiger partial charge in [-0.05, 0) is 42.5 Å². The fourth-order valence-corrected chi connectivity index (χ4v) is 3.16. The summed E-state index contributed by atoms with van der Waals surface area (Å²) in [5.41, 5.74) is 1.76. The maximum absolute atomic E-state index is 13.4. The molecule has 6 nitrogen and oxygen atoms in total. The van der Waals surface area contributed by atoms with Crippen LogP contribution in [0.15, 0.2) is 47.0 Å². The van der Waals surface area contributed by atoms with Gasteiger partial charge in [-0.1, -0.05) is 16.8 Å². The maximum Gasteiger partial charge on any atom is 0.257 e. The highest BCUT2D eigenvalue weighted by Crippen LogP contribution is 2.33. The predicted molar refractivity (Wildman–Crippen MR) is 95.6 cm³/mol. The zero-order valence-corrected chi connectivity index (χ0v) is 14.7. The van der Waals surface area contributed by atoms with E-state index in [2.05, 4.69) is 10.1 Å². The molecule has 0 spiro atoms. The minimum atomic E-state index is -0.533. The van der Waals surface area contributed by atoms with E-state index < -0.39 is 5.82 Å². The van der Waals surface area contributed by atoms with Gasteiger partial charge in [0.05, 0.1) is 16.7 Å². The van der Waals surface area contributed by atoms with Gasteiger partial charge in [0.25, 0.3) is 5.89 Å². The molecule has 0 radical (unpaired) electrons. The van der Waals surface area contributed by atoms with E-state index in [9.17, 15) is 9.18 Å². The fraction of sp³-hybridized carbons (Fsp3) is 0.158. The summed E-state index contributed by atoms with van der Waals surface area (Å²) in [5.74, 6) is -0.137. The third kappa shape index (κ3) is 3.27. The SMILES string of the molecule is N#Cc1ccc(-c2nc(C3CC(=O)N(c4ccc(F)c(Cl)c4)C3)no2)cc1. The Kier molecular flexibility index (Phi) is 4.34. The van der Waals surface area contributed by atoms with Crippen LogP contribution in [0.3, 0.4) is 0 Å². The highest BCUT2D eigenvalue weighted by atomic mass is 35.5. The number of carbonyl (C=O) groups is 1. The molecule has 2 aromatic carbocycles. The number of rotatable bonds is 3. The number of hydrogen-bond donors (Lipinski definition) is 0. The number of carbonyl (C=O) groups excluding carboxylic acids is 1. The van der Waals surface area contributed by atoms with Crippen LogP contribution in [0.1, 0.15) is 23.7 Å². The fourth-order valence-electron chi connectivity index (χ4n) is 2.99. The zero-order chi connectivity index (χ0) is 19.0. The monoisotopic (exact) mass is 382 g/mol. The first-order chi connectivity index (χ1) is 13.0. The summed E-state index contributed by atoms with van der Waals surface area (Å²) in [7, 11) is 0. The number of anilines is 1. The van der Waals surface area contributed by atoms with Crippen LogP contribution in [-0.4, -0.2) is 22.6 Å². The van der Waals surface area contributed by atoms with Gasteiger partial charge in [-0.3, -0.25) is 4.79 Å². The Morgan fingerprint density at radius 3 is 2.74 bits per heavy atom. The van der Waals surface area contributed by atoms with E-state index in [4.69, 9.17) is 21.4 Å². The van der Waals surface area contributed by atoms with Crippen LogP contribution in [0, 0.1) is 17.1 Å². The van der Waals surface area contributed by atoms with Crippen LogP contribution in [0.2, 0.25) is 5.02 Å². The summed E-state index contributed by atoms with van der Waals surface area (Å²) < 4.78 is 18.7. The lowest BCUT2D eigenvalue weighted by Gasteiger charge is -2.16. The summed E-state index contributed by atoms with van der Waals surface area (Å²) in [6, 6.07) is 13.0. The van der Waals surface area contributed by atoms with Crippen molar-refractivity contribution in [3.63, 3.8) is 0 Å². The molecule has 0 bridgehead atoms. The number of nitriles is 1. The molecule has 0 saturated carbocycles. The van der Waals surface area contributed by atoms with E-state index in [-0.39, 0.29) is 23.3 Å². The molecule has 134 valence electrons. The van der Waals surface area contributed by atoms with Gasteiger partial charge in [-0.15, -0.1) is 0 Å². The number of amides is 1. The molecule has 1 fully saturated rings. The number of aromatic nitrogens is 2. The Hall–Kier alpha value is -3.24. The Bertz CT molecular complexity index is 1060. The van der Waals surface area contributed by atoms with Crippen LogP contribution >= 0.6 is 11.6 Å². The van der Waals surface area contributed by atoms with Gasteiger partial charge in [-0.25, -0.2) is 4.39 Å². The Balaban J connectivity index is 1.54. The topological polar surface area (TPSA) is 83.0 Å². The minimum absolute atomic E-state index is 0.0357. The van der Waals surface area contributed by atoms with Crippen molar-refractivity contribution in [3.05, 3.63) is 64.7 Å². The molecule has 1 unspecified atom stereocenters. The van der Waals surface area contributed by atoms with Crippen molar-refractivity contribution < 1.29 is 13.7 Å².